The summed E-state index contributed by atoms with van der Waals surface area (Å²) in [5.74, 6) is -0.506. The zero-order valence-corrected chi connectivity index (χ0v) is 8.58. The van der Waals surface area contributed by atoms with E-state index in [0.29, 0.717) is 5.02 Å². The van der Waals surface area contributed by atoms with Gasteiger partial charge in [-0.1, -0.05) is 30.7 Å². The van der Waals surface area contributed by atoms with Gasteiger partial charge in [-0.2, -0.15) is 0 Å². The molecular formula is C11H11ClO2. The highest BCUT2D eigenvalue weighted by Crippen LogP contribution is 2.54. The molecule has 1 N–H and O–H groups in total. The van der Waals surface area contributed by atoms with Crippen LogP contribution in [0.25, 0.3) is 0 Å². The molecule has 1 aliphatic rings. The smallest absolute Gasteiger partial charge is 0.314 e. The van der Waals surface area contributed by atoms with Crippen molar-refractivity contribution in [2.45, 2.75) is 18.8 Å². The van der Waals surface area contributed by atoms with Crippen molar-refractivity contribution in [2.75, 3.05) is 0 Å². The summed E-state index contributed by atoms with van der Waals surface area (Å²) in [6.45, 7) is 1.96. The molecule has 0 heterocycles. The van der Waals surface area contributed by atoms with E-state index in [9.17, 15) is 4.79 Å². The van der Waals surface area contributed by atoms with Gasteiger partial charge >= 0.3 is 5.97 Å². The van der Waals surface area contributed by atoms with Crippen molar-refractivity contribution < 1.29 is 9.90 Å². The molecule has 1 aromatic carbocycles. The zero-order chi connectivity index (χ0) is 10.3. The van der Waals surface area contributed by atoms with Gasteiger partial charge in [0.05, 0.1) is 5.41 Å². The number of carboxylic acid groups (broad SMARTS) is 1. The number of halogens is 1. The van der Waals surface area contributed by atoms with Crippen LogP contribution < -0.4 is 0 Å². The van der Waals surface area contributed by atoms with Crippen LogP contribution in [0, 0.1) is 5.92 Å². The van der Waals surface area contributed by atoms with Crippen molar-refractivity contribution in [3.8, 4) is 0 Å². The first-order valence-corrected chi connectivity index (χ1v) is 4.94. The molecule has 0 aliphatic heterocycles. The van der Waals surface area contributed by atoms with Gasteiger partial charge < -0.3 is 5.11 Å². The third-order valence-electron chi connectivity index (χ3n) is 3.05. The number of hydrogen-bond donors (Lipinski definition) is 1. The molecule has 1 aromatic rings. The van der Waals surface area contributed by atoms with Gasteiger partial charge in [0.25, 0.3) is 0 Å². The van der Waals surface area contributed by atoms with Crippen LogP contribution in [0.2, 0.25) is 5.02 Å². The summed E-state index contributed by atoms with van der Waals surface area (Å²) >= 11 is 5.75. The lowest BCUT2D eigenvalue weighted by molar-refractivity contribution is -0.140. The Bertz CT molecular complexity index is 371. The lowest BCUT2D eigenvalue weighted by Crippen LogP contribution is -2.21. The van der Waals surface area contributed by atoms with Gasteiger partial charge in [-0.25, -0.2) is 0 Å². The summed E-state index contributed by atoms with van der Waals surface area (Å²) < 4.78 is 0. The molecule has 2 unspecified atom stereocenters. The maximum atomic E-state index is 11.1. The van der Waals surface area contributed by atoms with Crippen molar-refractivity contribution >= 4 is 17.6 Å². The van der Waals surface area contributed by atoms with E-state index in [4.69, 9.17) is 16.7 Å². The van der Waals surface area contributed by atoms with Crippen LogP contribution in [-0.4, -0.2) is 11.1 Å². The quantitative estimate of drug-likeness (QED) is 0.815. The zero-order valence-electron chi connectivity index (χ0n) is 7.83. The molecular weight excluding hydrogens is 200 g/mol. The molecule has 74 valence electrons. The fourth-order valence-electron chi connectivity index (χ4n) is 2.00. The fraction of sp³-hybridized carbons (Fsp3) is 0.364. The Morgan fingerprint density at radius 2 is 2.00 bits per heavy atom. The van der Waals surface area contributed by atoms with Crippen LogP contribution in [0.1, 0.15) is 18.9 Å². The Labute approximate surface area is 87.5 Å². The topological polar surface area (TPSA) is 37.3 Å². The SMILES string of the molecule is CC1CC1(C(=O)O)c1ccc(Cl)cc1. The minimum atomic E-state index is -0.729. The fourth-order valence-corrected chi connectivity index (χ4v) is 2.12. The van der Waals surface area contributed by atoms with Crippen LogP contribution in [0.5, 0.6) is 0 Å². The molecule has 0 amide bonds. The first-order valence-electron chi connectivity index (χ1n) is 4.57. The van der Waals surface area contributed by atoms with E-state index in [1.807, 2.05) is 6.92 Å². The summed E-state index contributed by atoms with van der Waals surface area (Å²) in [7, 11) is 0. The molecule has 14 heavy (non-hydrogen) atoms. The Hall–Kier alpha value is -1.02. The number of benzene rings is 1. The summed E-state index contributed by atoms with van der Waals surface area (Å²) in [5.41, 5.74) is 0.215. The second-order valence-electron chi connectivity index (χ2n) is 3.89. The highest BCUT2D eigenvalue weighted by molar-refractivity contribution is 6.30. The molecule has 1 fully saturated rings. The normalized spacial score (nSPS) is 30.0. The summed E-state index contributed by atoms with van der Waals surface area (Å²) in [5, 5.41) is 9.81. The van der Waals surface area contributed by atoms with E-state index in [0.717, 1.165) is 12.0 Å². The van der Waals surface area contributed by atoms with E-state index in [2.05, 4.69) is 0 Å². The second kappa shape index (κ2) is 2.99. The average Bonchev–Trinajstić information content (AvgIpc) is 2.80. The number of hydrogen-bond acceptors (Lipinski definition) is 1. The van der Waals surface area contributed by atoms with Crippen molar-refractivity contribution in [3.05, 3.63) is 34.9 Å². The van der Waals surface area contributed by atoms with E-state index >= 15 is 0 Å². The number of rotatable bonds is 2. The van der Waals surface area contributed by atoms with Crippen molar-refractivity contribution in [1.29, 1.82) is 0 Å². The molecule has 1 saturated carbocycles. The van der Waals surface area contributed by atoms with Crippen molar-refractivity contribution in [2.24, 2.45) is 5.92 Å². The monoisotopic (exact) mass is 210 g/mol. The predicted octanol–water partition coefficient (Wildman–Crippen LogP) is 2.70. The van der Waals surface area contributed by atoms with Crippen molar-refractivity contribution in [1.82, 2.24) is 0 Å². The number of carbonyl (C=O) groups is 1. The van der Waals surface area contributed by atoms with E-state index < -0.39 is 11.4 Å². The number of aliphatic carboxylic acids is 1. The number of carboxylic acids is 1. The van der Waals surface area contributed by atoms with Gasteiger partial charge in [0, 0.05) is 5.02 Å². The Morgan fingerprint density at radius 1 is 1.50 bits per heavy atom. The van der Waals surface area contributed by atoms with Gasteiger partial charge in [-0.3, -0.25) is 4.79 Å². The van der Waals surface area contributed by atoms with Gasteiger partial charge in [0.15, 0.2) is 0 Å². The Balaban J connectivity index is 2.39. The molecule has 0 radical (unpaired) electrons. The molecule has 2 atom stereocenters. The standard InChI is InChI=1S/C11H11ClO2/c1-7-6-11(7,10(13)14)8-2-4-9(12)5-3-8/h2-5,7H,6H2,1H3,(H,13,14). The van der Waals surface area contributed by atoms with Crippen LogP contribution >= 0.6 is 11.6 Å². The maximum absolute atomic E-state index is 11.1. The first kappa shape index (κ1) is 9.53. The average molecular weight is 211 g/mol. The van der Waals surface area contributed by atoms with Gasteiger partial charge in [-0.05, 0) is 30.0 Å². The maximum Gasteiger partial charge on any atom is 0.314 e. The van der Waals surface area contributed by atoms with E-state index in [1.54, 1.807) is 24.3 Å². The molecule has 0 spiro atoms. The lowest BCUT2D eigenvalue weighted by atomic mass is 9.94. The van der Waals surface area contributed by atoms with Crippen LogP contribution in [0.15, 0.2) is 24.3 Å². The lowest BCUT2D eigenvalue weighted by Gasteiger charge is -2.11. The van der Waals surface area contributed by atoms with Gasteiger partial charge in [0.2, 0.25) is 0 Å². The highest BCUT2D eigenvalue weighted by atomic mass is 35.5. The molecule has 0 aromatic heterocycles. The minimum Gasteiger partial charge on any atom is -0.481 e. The van der Waals surface area contributed by atoms with Gasteiger partial charge in [-0.15, -0.1) is 0 Å². The molecule has 2 nitrogen and oxygen atoms in total. The first-order chi connectivity index (χ1) is 6.57. The van der Waals surface area contributed by atoms with E-state index in [1.165, 1.54) is 0 Å². The molecule has 3 heteroatoms. The van der Waals surface area contributed by atoms with Crippen LogP contribution in [-0.2, 0) is 10.2 Å². The molecule has 1 aliphatic carbocycles. The predicted molar refractivity (Wildman–Crippen MR) is 54.5 cm³/mol. The molecule has 0 bridgehead atoms. The second-order valence-corrected chi connectivity index (χ2v) is 4.33. The van der Waals surface area contributed by atoms with Crippen LogP contribution in [0.4, 0.5) is 0 Å². The van der Waals surface area contributed by atoms with Crippen molar-refractivity contribution in [3.63, 3.8) is 0 Å². The van der Waals surface area contributed by atoms with Crippen LogP contribution in [0.3, 0.4) is 0 Å². The third-order valence-corrected chi connectivity index (χ3v) is 3.30. The summed E-state index contributed by atoms with van der Waals surface area (Å²) in [4.78, 5) is 11.1. The van der Waals surface area contributed by atoms with Gasteiger partial charge in [0.1, 0.15) is 0 Å². The Kier molecular flexibility index (Phi) is 2.04. The summed E-state index contributed by atoms with van der Waals surface area (Å²) in [6, 6.07) is 7.10. The minimum absolute atomic E-state index is 0.223. The highest BCUT2D eigenvalue weighted by Gasteiger charge is 2.58. The summed E-state index contributed by atoms with van der Waals surface area (Å²) in [6.07, 6.45) is 0.726. The van der Waals surface area contributed by atoms with E-state index in [-0.39, 0.29) is 5.92 Å². The third kappa shape index (κ3) is 1.22. The molecule has 0 saturated heterocycles. The largest absolute Gasteiger partial charge is 0.481 e. The molecule has 2 rings (SSSR count). The Morgan fingerprint density at radius 3 is 2.36 bits per heavy atom.